The molecule has 1 aromatic heterocycles. The summed E-state index contributed by atoms with van der Waals surface area (Å²) in [5.41, 5.74) is -5.01. The number of hydrogen-bond acceptors (Lipinski definition) is 4. The fourth-order valence-corrected chi connectivity index (χ4v) is 2.72. The molecule has 3 aromatic rings. The van der Waals surface area contributed by atoms with Gasteiger partial charge in [-0.3, -0.25) is 0 Å². The Labute approximate surface area is 130 Å². The second-order valence-electron chi connectivity index (χ2n) is 4.57. The highest BCUT2D eigenvalue weighted by Crippen LogP contribution is 2.32. The average Bonchev–Trinajstić information content (AvgIpc) is 2.53. The normalized spacial score (nSPS) is 13.2. The predicted molar refractivity (Wildman–Crippen MR) is 78.2 cm³/mol. The zero-order valence-electron chi connectivity index (χ0n) is 11.3. The Hall–Kier alpha value is -2.32. The minimum absolute atomic E-state index is 0.130. The number of rotatable bonds is 2. The molecule has 0 saturated heterocycles. The van der Waals surface area contributed by atoms with Crippen LogP contribution in [-0.4, -0.2) is 15.0 Å². The van der Waals surface area contributed by atoms with Gasteiger partial charge >= 0.3 is 11.1 Å². The summed E-state index contributed by atoms with van der Waals surface area (Å²) in [5, 5.41) is 0.270. The van der Waals surface area contributed by atoms with E-state index in [1.165, 1.54) is 18.2 Å². The first-order valence-corrected chi connectivity index (χ1v) is 7.50. The van der Waals surface area contributed by atoms with E-state index in [1.807, 2.05) is 0 Å². The molecule has 4 nitrogen and oxygen atoms in total. The van der Waals surface area contributed by atoms with E-state index in [1.54, 1.807) is 18.2 Å². The average molecular weight is 339 g/mol. The molecule has 0 radical (unpaired) electrons. The van der Waals surface area contributed by atoms with E-state index in [9.17, 15) is 22.5 Å². The van der Waals surface area contributed by atoms with E-state index in [-0.39, 0.29) is 16.8 Å². The van der Waals surface area contributed by atoms with E-state index in [2.05, 4.69) is 4.98 Å². The highest BCUT2D eigenvalue weighted by molar-refractivity contribution is 7.92. The molecule has 1 atom stereocenters. The molecule has 0 amide bonds. The zero-order valence-corrected chi connectivity index (χ0v) is 12.1. The molecule has 0 fully saturated rings. The van der Waals surface area contributed by atoms with Gasteiger partial charge < -0.3 is 8.97 Å². The molecule has 2 aromatic carbocycles. The van der Waals surface area contributed by atoms with Gasteiger partial charge in [0.05, 0.1) is 22.1 Å². The smallest absolute Gasteiger partial charge is 0.578 e. The van der Waals surface area contributed by atoms with Crippen LogP contribution in [0.25, 0.3) is 22.4 Å². The van der Waals surface area contributed by atoms with Crippen molar-refractivity contribution in [3.63, 3.8) is 0 Å². The summed E-state index contributed by atoms with van der Waals surface area (Å²) in [5.74, 6) is -0.130. The molecule has 3 rings (SSSR count). The number of fused-ring (bicyclic) bond motifs is 1. The molecule has 1 unspecified atom stereocenters. The maximum absolute atomic E-state index is 12.6. The lowest BCUT2D eigenvalue weighted by Gasteiger charge is -2.12. The third-order valence-electron chi connectivity index (χ3n) is 3.04. The van der Waals surface area contributed by atoms with Gasteiger partial charge in [-0.15, -0.1) is 13.2 Å². The molecular weight excluding hydrogens is 331 g/mol. The van der Waals surface area contributed by atoms with E-state index in [0.29, 0.717) is 5.52 Å². The van der Waals surface area contributed by atoms with E-state index >= 15 is 0 Å². The monoisotopic (exact) mass is 339 g/mol. The zero-order chi connectivity index (χ0) is 16.6. The molecule has 0 N–H and O–H groups in total. The van der Waals surface area contributed by atoms with Crippen molar-refractivity contribution in [1.29, 1.82) is 0 Å². The first-order valence-electron chi connectivity index (χ1n) is 6.35. The Bertz CT molecular complexity index is 923. The second-order valence-corrected chi connectivity index (χ2v) is 6.04. The Morgan fingerprint density at radius 1 is 1.09 bits per heavy atom. The highest BCUT2D eigenvalue weighted by Gasteiger charge is 2.46. The van der Waals surface area contributed by atoms with E-state index < -0.39 is 27.2 Å². The van der Waals surface area contributed by atoms with Crippen LogP contribution >= 0.6 is 0 Å². The fraction of sp³-hybridized carbons (Fsp3) is 0.0667. The SMILES string of the molecule is O=c1oc(-c2cccc([S+]([O-])C(F)(F)F)c2)nc2ccccc12. The molecule has 0 saturated carbocycles. The van der Waals surface area contributed by atoms with Crippen LogP contribution in [0.1, 0.15) is 0 Å². The van der Waals surface area contributed by atoms with Crippen molar-refractivity contribution < 1.29 is 22.1 Å². The molecule has 1 heterocycles. The predicted octanol–water partition coefficient (Wildman–Crippen LogP) is 3.48. The quantitative estimate of drug-likeness (QED) is 0.671. The molecule has 0 aliphatic rings. The maximum atomic E-state index is 12.6. The van der Waals surface area contributed by atoms with Crippen molar-refractivity contribution in [2.75, 3.05) is 0 Å². The van der Waals surface area contributed by atoms with Crippen LogP contribution in [-0.2, 0) is 11.2 Å². The van der Waals surface area contributed by atoms with Crippen LogP contribution in [0, 0.1) is 0 Å². The van der Waals surface area contributed by atoms with Crippen molar-refractivity contribution in [2.24, 2.45) is 0 Å². The van der Waals surface area contributed by atoms with Gasteiger partial charge in [-0.2, -0.15) is 0 Å². The molecule has 23 heavy (non-hydrogen) atoms. The summed E-state index contributed by atoms with van der Waals surface area (Å²) in [4.78, 5) is 15.6. The first kappa shape index (κ1) is 15.6. The molecule has 0 bridgehead atoms. The molecule has 0 aliphatic carbocycles. The lowest BCUT2D eigenvalue weighted by Crippen LogP contribution is -2.23. The molecule has 0 aliphatic heterocycles. The van der Waals surface area contributed by atoms with Crippen LogP contribution in [0.5, 0.6) is 0 Å². The Morgan fingerprint density at radius 3 is 2.57 bits per heavy atom. The van der Waals surface area contributed by atoms with E-state index in [0.717, 1.165) is 12.1 Å². The summed E-state index contributed by atoms with van der Waals surface area (Å²) >= 11 is -3.16. The van der Waals surface area contributed by atoms with Crippen molar-refractivity contribution in [2.45, 2.75) is 10.4 Å². The number of alkyl halides is 3. The van der Waals surface area contributed by atoms with Gasteiger partial charge in [0, 0.05) is 11.6 Å². The van der Waals surface area contributed by atoms with Gasteiger partial charge in [-0.25, -0.2) is 9.78 Å². The number of aromatic nitrogens is 1. The number of benzene rings is 2. The van der Waals surface area contributed by atoms with Gasteiger partial charge in [-0.05, 0) is 24.3 Å². The van der Waals surface area contributed by atoms with Crippen molar-refractivity contribution in [1.82, 2.24) is 4.98 Å². The summed E-state index contributed by atoms with van der Waals surface area (Å²) in [7, 11) is 0. The lowest BCUT2D eigenvalue weighted by molar-refractivity contribution is -0.0435. The van der Waals surface area contributed by atoms with Gasteiger partial charge in [0.1, 0.15) is 0 Å². The Morgan fingerprint density at radius 2 is 1.83 bits per heavy atom. The highest BCUT2D eigenvalue weighted by atomic mass is 32.2. The Kier molecular flexibility index (Phi) is 3.87. The van der Waals surface area contributed by atoms with Crippen molar-refractivity contribution in [3.05, 3.63) is 59.0 Å². The van der Waals surface area contributed by atoms with E-state index in [4.69, 9.17) is 4.42 Å². The van der Waals surface area contributed by atoms with Crippen LogP contribution < -0.4 is 5.63 Å². The third-order valence-corrected chi connectivity index (χ3v) is 4.14. The Balaban J connectivity index is 2.11. The summed E-state index contributed by atoms with van der Waals surface area (Å²) in [6, 6.07) is 11.3. The number of nitrogens with zero attached hydrogens (tertiary/aromatic N) is 1. The summed E-state index contributed by atoms with van der Waals surface area (Å²) in [6.45, 7) is 0. The molecule has 0 spiro atoms. The fourth-order valence-electron chi connectivity index (χ4n) is 2.02. The minimum Gasteiger partial charge on any atom is -0.604 e. The number of halogens is 3. The lowest BCUT2D eigenvalue weighted by atomic mass is 10.2. The molecular formula is C15H8F3NO3S. The standard InChI is InChI=1S/C15H8F3NO3S/c16-15(17,18)23(21)10-5-3-4-9(8-10)13-19-12-7-2-1-6-11(12)14(20)22-13/h1-8H. The number of para-hydroxylation sites is 1. The minimum atomic E-state index is -4.86. The van der Waals surface area contributed by atoms with Crippen LogP contribution in [0.3, 0.4) is 0 Å². The third kappa shape index (κ3) is 3.08. The molecule has 118 valence electrons. The van der Waals surface area contributed by atoms with Gasteiger partial charge in [-0.1, -0.05) is 18.2 Å². The number of hydrogen-bond donors (Lipinski definition) is 0. The van der Waals surface area contributed by atoms with Gasteiger partial charge in [0.25, 0.3) is 0 Å². The van der Waals surface area contributed by atoms with Crippen LogP contribution in [0.4, 0.5) is 13.2 Å². The topological polar surface area (TPSA) is 66.2 Å². The van der Waals surface area contributed by atoms with Crippen molar-refractivity contribution >= 4 is 22.1 Å². The van der Waals surface area contributed by atoms with Gasteiger partial charge in [0.2, 0.25) is 5.89 Å². The molecule has 8 heteroatoms. The van der Waals surface area contributed by atoms with Crippen LogP contribution in [0.15, 0.2) is 62.6 Å². The summed E-state index contributed by atoms with van der Waals surface area (Å²) in [6.07, 6.45) is 0. The first-order chi connectivity index (χ1) is 10.9. The van der Waals surface area contributed by atoms with Crippen LogP contribution in [0.2, 0.25) is 0 Å². The summed E-state index contributed by atoms with van der Waals surface area (Å²) < 4.78 is 54.1. The van der Waals surface area contributed by atoms with Crippen molar-refractivity contribution in [3.8, 4) is 11.5 Å². The maximum Gasteiger partial charge on any atom is 0.578 e. The second kappa shape index (κ2) is 5.71. The largest absolute Gasteiger partial charge is 0.604 e. The van der Waals surface area contributed by atoms with Gasteiger partial charge in [0.15, 0.2) is 4.90 Å².